The highest BCUT2D eigenvalue weighted by Gasteiger charge is 2.25. The molecular weight excluding hydrogens is 213 g/mol. The van der Waals surface area contributed by atoms with E-state index in [2.05, 4.69) is 10.3 Å². The maximum atomic E-state index is 12.7. The van der Waals surface area contributed by atoms with Crippen molar-refractivity contribution in [1.29, 1.82) is 0 Å². The van der Waals surface area contributed by atoms with E-state index in [0.29, 0.717) is 12.1 Å². The molecule has 1 aliphatic heterocycles. The van der Waals surface area contributed by atoms with E-state index in [-0.39, 0.29) is 11.7 Å². The molecule has 16 heavy (non-hydrogen) atoms. The van der Waals surface area contributed by atoms with E-state index < -0.39 is 6.10 Å². The summed E-state index contributed by atoms with van der Waals surface area (Å²) in [6, 6.07) is 5.89. The summed E-state index contributed by atoms with van der Waals surface area (Å²) >= 11 is 0. The molecule has 0 unspecified atom stereocenters. The molecule has 1 heterocycles. The average Bonchev–Trinajstić information content (AvgIpc) is 2.78. The predicted octanol–water partition coefficient (Wildman–Crippen LogP) is 1.07. The number of amidine groups is 1. The van der Waals surface area contributed by atoms with Gasteiger partial charge in [0.25, 0.3) is 0 Å². The first-order valence-electron chi connectivity index (χ1n) is 4.66. The number of oxime groups is 2. The van der Waals surface area contributed by atoms with E-state index in [1.807, 2.05) is 0 Å². The third-order valence-electron chi connectivity index (χ3n) is 2.29. The quantitative estimate of drug-likeness (QED) is 0.340. The van der Waals surface area contributed by atoms with E-state index in [0.717, 1.165) is 5.56 Å². The number of hydrogen-bond acceptors (Lipinski definition) is 4. The Labute approximate surface area is 91.0 Å². The molecule has 0 aromatic heterocycles. The molecule has 5 nitrogen and oxygen atoms in total. The fourth-order valence-corrected chi connectivity index (χ4v) is 1.41. The lowest BCUT2D eigenvalue weighted by Gasteiger charge is -2.04. The fraction of sp³-hybridized carbons (Fsp3) is 0.200. The first-order valence-corrected chi connectivity index (χ1v) is 4.66. The van der Waals surface area contributed by atoms with Crippen LogP contribution in [0.4, 0.5) is 4.39 Å². The van der Waals surface area contributed by atoms with Crippen LogP contribution in [0.5, 0.6) is 0 Å². The highest BCUT2D eigenvalue weighted by Crippen LogP contribution is 2.17. The van der Waals surface area contributed by atoms with Crippen LogP contribution in [0.2, 0.25) is 0 Å². The Morgan fingerprint density at radius 1 is 1.50 bits per heavy atom. The minimum absolute atomic E-state index is 0.0270. The molecule has 0 aliphatic carbocycles. The van der Waals surface area contributed by atoms with E-state index in [9.17, 15) is 4.39 Å². The van der Waals surface area contributed by atoms with E-state index >= 15 is 0 Å². The molecule has 6 heteroatoms. The molecule has 1 atom stereocenters. The maximum absolute atomic E-state index is 12.7. The molecule has 1 aromatic carbocycles. The molecule has 1 aromatic rings. The zero-order valence-electron chi connectivity index (χ0n) is 8.30. The van der Waals surface area contributed by atoms with Crippen LogP contribution in [0.3, 0.4) is 0 Å². The van der Waals surface area contributed by atoms with Crippen molar-refractivity contribution in [2.45, 2.75) is 12.5 Å². The van der Waals surface area contributed by atoms with Crippen molar-refractivity contribution in [3.05, 3.63) is 35.6 Å². The van der Waals surface area contributed by atoms with Gasteiger partial charge in [0.15, 0.2) is 11.9 Å². The van der Waals surface area contributed by atoms with Gasteiger partial charge in [0.2, 0.25) is 0 Å². The van der Waals surface area contributed by atoms with Crippen molar-refractivity contribution in [2.24, 2.45) is 16.0 Å². The second kappa shape index (κ2) is 4.18. The summed E-state index contributed by atoms with van der Waals surface area (Å²) in [6.07, 6.45) is -0.147. The van der Waals surface area contributed by atoms with Gasteiger partial charge in [0.05, 0.1) is 5.71 Å². The minimum atomic E-state index is -0.551. The van der Waals surface area contributed by atoms with Crippen LogP contribution in [-0.2, 0) is 4.84 Å². The smallest absolute Gasteiger partial charge is 0.193 e. The van der Waals surface area contributed by atoms with Crippen LogP contribution in [0, 0.1) is 5.82 Å². The SMILES string of the molecule is N/C(=N/O)[C@@H]1CC(c2ccc(F)cc2)=NO1. The number of halogens is 1. The Balaban J connectivity index is 2.11. The van der Waals surface area contributed by atoms with Crippen molar-refractivity contribution in [3.63, 3.8) is 0 Å². The zero-order valence-corrected chi connectivity index (χ0v) is 8.30. The number of hydrogen-bond donors (Lipinski definition) is 2. The van der Waals surface area contributed by atoms with Crippen molar-refractivity contribution >= 4 is 11.5 Å². The van der Waals surface area contributed by atoms with Gasteiger partial charge in [-0.2, -0.15) is 0 Å². The van der Waals surface area contributed by atoms with Gasteiger partial charge in [-0.1, -0.05) is 22.4 Å². The molecule has 84 valence electrons. The van der Waals surface area contributed by atoms with Gasteiger partial charge >= 0.3 is 0 Å². The van der Waals surface area contributed by atoms with E-state index in [1.54, 1.807) is 12.1 Å². The summed E-state index contributed by atoms with van der Waals surface area (Å²) in [5, 5.41) is 15.1. The largest absolute Gasteiger partial charge is 0.409 e. The summed E-state index contributed by atoms with van der Waals surface area (Å²) in [7, 11) is 0. The van der Waals surface area contributed by atoms with Crippen molar-refractivity contribution < 1.29 is 14.4 Å². The van der Waals surface area contributed by atoms with Crippen molar-refractivity contribution in [1.82, 2.24) is 0 Å². The predicted molar refractivity (Wildman–Crippen MR) is 55.8 cm³/mol. The normalized spacial score (nSPS) is 20.4. The minimum Gasteiger partial charge on any atom is -0.409 e. The Hall–Kier alpha value is -2.11. The zero-order chi connectivity index (χ0) is 11.5. The van der Waals surface area contributed by atoms with Crippen molar-refractivity contribution in [3.8, 4) is 0 Å². The molecule has 0 saturated heterocycles. The van der Waals surface area contributed by atoms with E-state index in [1.165, 1.54) is 12.1 Å². The lowest BCUT2D eigenvalue weighted by Crippen LogP contribution is -2.29. The molecular formula is C10H10FN3O2. The van der Waals surface area contributed by atoms with Crippen molar-refractivity contribution in [2.75, 3.05) is 0 Å². The number of nitrogens with zero attached hydrogens (tertiary/aromatic N) is 2. The van der Waals surface area contributed by atoms with Gasteiger partial charge in [0, 0.05) is 6.42 Å². The summed E-state index contributed by atoms with van der Waals surface area (Å²) in [4.78, 5) is 4.98. The summed E-state index contributed by atoms with van der Waals surface area (Å²) in [5.74, 6) is -0.336. The first kappa shape index (κ1) is 10.4. The molecule has 0 spiro atoms. The Morgan fingerprint density at radius 3 is 2.81 bits per heavy atom. The van der Waals surface area contributed by atoms with Crippen LogP contribution in [-0.4, -0.2) is 22.9 Å². The molecule has 2 rings (SSSR count). The van der Waals surface area contributed by atoms with Gasteiger partial charge < -0.3 is 15.8 Å². The summed E-state index contributed by atoms with van der Waals surface area (Å²) in [6.45, 7) is 0. The summed E-state index contributed by atoms with van der Waals surface area (Å²) in [5.41, 5.74) is 6.79. The molecule has 0 bridgehead atoms. The second-order valence-corrected chi connectivity index (χ2v) is 3.37. The lowest BCUT2D eigenvalue weighted by molar-refractivity contribution is 0.128. The van der Waals surface area contributed by atoms with Gasteiger partial charge in [0.1, 0.15) is 5.82 Å². The Morgan fingerprint density at radius 2 is 2.19 bits per heavy atom. The van der Waals surface area contributed by atoms with Gasteiger partial charge in [-0.25, -0.2) is 4.39 Å². The molecule has 0 saturated carbocycles. The average molecular weight is 223 g/mol. The van der Waals surface area contributed by atoms with Crippen LogP contribution in [0.25, 0.3) is 0 Å². The number of nitrogens with two attached hydrogens (primary N) is 1. The maximum Gasteiger partial charge on any atom is 0.193 e. The molecule has 0 amide bonds. The van der Waals surface area contributed by atoms with Crippen LogP contribution in [0.15, 0.2) is 34.6 Å². The number of benzene rings is 1. The number of rotatable bonds is 2. The topological polar surface area (TPSA) is 80.2 Å². The van der Waals surface area contributed by atoms with E-state index in [4.69, 9.17) is 15.8 Å². The second-order valence-electron chi connectivity index (χ2n) is 3.37. The van der Waals surface area contributed by atoms with Gasteiger partial charge in [-0.05, 0) is 17.7 Å². The third kappa shape index (κ3) is 1.95. The van der Waals surface area contributed by atoms with Crippen LogP contribution in [0.1, 0.15) is 12.0 Å². The first-order chi connectivity index (χ1) is 7.70. The lowest BCUT2D eigenvalue weighted by atomic mass is 10.0. The van der Waals surface area contributed by atoms with Gasteiger partial charge in [-0.15, -0.1) is 0 Å². The molecule has 3 N–H and O–H groups in total. The molecule has 1 aliphatic rings. The van der Waals surface area contributed by atoms with Crippen LogP contribution < -0.4 is 5.73 Å². The Bertz CT molecular complexity index is 442. The fourth-order valence-electron chi connectivity index (χ4n) is 1.41. The molecule has 0 fully saturated rings. The molecule has 0 radical (unpaired) electrons. The van der Waals surface area contributed by atoms with Crippen LogP contribution >= 0.6 is 0 Å². The third-order valence-corrected chi connectivity index (χ3v) is 2.29. The standard InChI is InChI=1S/C10H10FN3O2/c11-7-3-1-6(2-4-7)8-5-9(16-14-8)10(12)13-15/h1-4,9,15H,5H2,(H2,12,13)/t9-/m0/s1. The van der Waals surface area contributed by atoms with Gasteiger partial charge in [-0.3, -0.25) is 0 Å². The Kier molecular flexibility index (Phi) is 2.72. The highest BCUT2D eigenvalue weighted by molar-refractivity contribution is 6.04. The summed E-state index contributed by atoms with van der Waals surface area (Å²) < 4.78 is 12.7. The highest BCUT2D eigenvalue weighted by atomic mass is 19.1. The monoisotopic (exact) mass is 223 g/mol.